The first-order chi connectivity index (χ1) is 9.97. The number of carboxylic acids is 1. The van der Waals surface area contributed by atoms with Gasteiger partial charge in [0.1, 0.15) is 10.6 Å². The maximum Gasteiger partial charge on any atom is 0.433 e. The highest BCUT2D eigenvalue weighted by Crippen LogP contribution is 2.34. The van der Waals surface area contributed by atoms with Crippen LogP contribution < -0.4 is 0 Å². The first-order valence-corrected chi connectivity index (χ1v) is 7.68. The van der Waals surface area contributed by atoms with Crippen molar-refractivity contribution >= 4 is 16.0 Å². The van der Waals surface area contributed by atoms with E-state index < -0.39 is 38.2 Å². The van der Waals surface area contributed by atoms with Crippen molar-refractivity contribution in [2.24, 2.45) is 5.41 Å². The van der Waals surface area contributed by atoms with Crippen LogP contribution in [0.1, 0.15) is 19.0 Å². The number of rotatable bonds is 3. The largest absolute Gasteiger partial charge is 0.481 e. The number of alkyl halides is 3. The summed E-state index contributed by atoms with van der Waals surface area (Å²) in [5, 5.41) is 9.09. The summed E-state index contributed by atoms with van der Waals surface area (Å²) in [6.07, 6.45) is -3.89. The van der Waals surface area contributed by atoms with E-state index in [4.69, 9.17) is 5.11 Å². The molecule has 1 saturated heterocycles. The monoisotopic (exact) mass is 338 g/mol. The summed E-state index contributed by atoms with van der Waals surface area (Å²) in [6.45, 7) is 1.19. The molecule has 1 aliphatic rings. The van der Waals surface area contributed by atoms with Crippen molar-refractivity contribution in [2.75, 3.05) is 13.1 Å². The van der Waals surface area contributed by atoms with Gasteiger partial charge < -0.3 is 5.11 Å². The maximum absolute atomic E-state index is 12.4. The number of pyridine rings is 1. The lowest BCUT2D eigenvalue weighted by atomic mass is 9.90. The summed E-state index contributed by atoms with van der Waals surface area (Å²) in [7, 11) is -4.07. The van der Waals surface area contributed by atoms with E-state index >= 15 is 0 Å². The van der Waals surface area contributed by atoms with E-state index in [1.165, 1.54) is 6.92 Å². The predicted molar refractivity (Wildman–Crippen MR) is 68.4 cm³/mol. The maximum atomic E-state index is 12.4. The molecule has 0 aliphatic carbocycles. The van der Waals surface area contributed by atoms with Crippen LogP contribution in [0.3, 0.4) is 0 Å². The minimum Gasteiger partial charge on any atom is -0.481 e. The van der Waals surface area contributed by atoms with Gasteiger partial charge in [-0.3, -0.25) is 9.78 Å². The molecule has 1 aliphatic heterocycles. The topological polar surface area (TPSA) is 87.6 Å². The summed E-state index contributed by atoms with van der Waals surface area (Å²) in [5.41, 5.74) is -2.39. The van der Waals surface area contributed by atoms with Crippen molar-refractivity contribution in [3.63, 3.8) is 0 Å². The van der Waals surface area contributed by atoms with E-state index in [1.807, 2.05) is 0 Å². The second-order valence-corrected chi connectivity index (χ2v) is 7.27. The molecule has 0 saturated carbocycles. The van der Waals surface area contributed by atoms with Gasteiger partial charge in [-0.1, -0.05) is 0 Å². The first kappa shape index (κ1) is 16.7. The molecule has 122 valence electrons. The normalized spacial score (nSPS) is 23.6. The summed E-state index contributed by atoms with van der Waals surface area (Å²) in [6, 6.07) is 1.40. The van der Waals surface area contributed by atoms with Crippen LogP contribution in [0.25, 0.3) is 0 Å². The number of nitrogens with zero attached hydrogens (tertiary/aromatic N) is 2. The van der Waals surface area contributed by atoms with Gasteiger partial charge >= 0.3 is 12.1 Å². The third-order valence-electron chi connectivity index (χ3n) is 3.62. The second-order valence-electron chi connectivity index (χ2n) is 5.33. The number of aromatic nitrogens is 1. The fourth-order valence-corrected chi connectivity index (χ4v) is 3.66. The average Bonchev–Trinajstić information content (AvgIpc) is 2.83. The van der Waals surface area contributed by atoms with Crippen LogP contribution in [0, 0.1) is 5.41 Å². The minimum absolute atomic E-state index is 0.00778. The number of sulfonamides is 1. The van der Waals surface area contributed by atoms with Gasteiger partial charge in [-0.05, 0) is 25.5 Å². The van der Waals surface area contributed by atoms with E-state index in [-0.39, 0.29) is 19.5 Å². The van der Waals surface area contributed by atoms with Crippen molar-refractivity contribution in [3.8, 4) is 0 Å². The van der Waals surface area contributed by atoms with Crippen LogP contribution in [0.2, 0.25) is 0 Å². The van der Waals surface area contributed by atoms with Gasteiger partial charge in [0.2, 0.25) is 10.0 Å². The third kappa shape index (κ3) is 2.93. The highest BCUT2D eigenvalue weighted by atomic mass is 32.2. The molecule has 22 heavy (non-hydrogen) atoms. The van der Waals surface area contributed by atoms with Crippen LogP contribution in [0.5, 0.6) is 0 Å². The number of aliphatic carboxylic acids is 1. The van der Waals surface area contributed by atoms with E-state index in [0.29, 0.717) is 12.3 Å². The summed E-state index contributed by atoms with van der Waals surface area (Å²) in [4.78, 5) is 13.8. The Bertz CT molecular complexity index is 687. The number of carboxylic acid groups (broad SMARTS) is 1. The molecule has 6 nitrogen and oxygen atoms in total. The van der Waals surface area contributed by atoms with E-state index in [0.717, 1.165) is 10.4 Å². The minimum atomic E-state index is -4.65. The van der Waals surface area contributed by atoms with Gasteiger partial charge in [0, 0.05) is 19.3 Å². The molecule has 0 spiro atoms. The van der Waals surface area contributed by atoms with Crippen LogP contribution in [-0.4, -0.2) is 41.9 Å². The zero-order valence-electron chi connectivity index (χ0n) is 11.5. The first-order valence-electron chi connectivity index (χ1n) is 6.24. The Labute approximate surface area is 124 Å². The Kier molecular flexibility index (Phi) is 3.94. The highest BCUT2D eigenvalue weighted by molar-refractivity contribution is 7.89. The molecule has 0 bridgehead atoms. The Morgan fingerprint density at radius 1 is 1.41 bits per heavy atom. The van der Waals surface area contributed by atoms with Gasteiger partial charge in [-0.15, -0.1) is 0 Å². The summed E-state index contributed by atoms with van der Waals surface area (Å²) >= 11 is 0. The summed E-state index contributed by atoms with van der Waals surface area (Å²) < 4.78 is 62.8. The lowest BCUT2D eigenvalue weighted by Crippen LogP contribution is -2.35. The Hall–Kier alpha value is -1.68. The number of halogens is 3. The van der Waals surface area contributed by atoms with E-state index in [1.54, 1.807) is 0 Å². The van der Waals surface area contributed by atoms with E-state index in [9.17, 15) is 26.4 Å². The molecule has 0 amide bonds. The molecule has 1 N–H and O–H groups in total. The van der Waals surface area contributed by atoms with Crippen LogP contribution >= 0.6 is 0 Å². The van der Waals surface area contributed by atoms with Crippen molar-refractivity contribution in [1.82, 2.24) is 9.29 Å². The number of hydrogen-bond acceptors (Lipinski definition) is 4. The molecule has 1 atom stereocenters. The molecule has 1 fully saturated rings. The quantitative estimate of drug-likeness (QED) is 0.904. The van der Waals surface area contributed by atoms with Crippen molar-refractivity contribution in [3.05, 3.63) is 24.0 Å². The Balaban J connectivity index is 2.27. The molecule has 0 aromatic carbocycles. The fraction of sp³-hybridized carbons (Fsp3) is 0.500. The Morgan fingerprint density at radius 2 is 2.05 bits per heavy atom. The van der Waals surface area contributed by atoms with E-state index in [2.05, 4.69) is 4.98 Å². The number of hydrogen-bond donors (Lipinski definition) is 1. The molecule has 2 rings (SSSR count). The van der Waals surface area contributed by atoms with Gasteiger partial charge in [0.15, 0.2) is 0 Å². The highest BCUT2D eigenvalue weighted by Gasteiger charge is 2.45. The van der Waals surface area contributed by atoms with Crippen LogP contribution in [-0.2, 0) is 21.0 Å². The number of carbonyl (C=O) groups is 1. The molecule has 0 radical (unpaired) electrons. The fourth-order valence-electron chi connectivity index (χ4n) is 2.15. The molecular weight excluding hydrogens is 325 g/mol. The molecule has 1 unspecified atom stereocenters. The Morgan fingerprint density at radius 3 is 2.45 bits per heavy atom. The van der Waals surface area contributed by atoms with Crippen LogP contribution in [0.4, 0.5) is 13.2 Å². The molecule has 2 heterocycles. The van der Waals surface area contributed by atoms with Gasteiger partial charge in [-0.2, -0.15) is 17.5 Å². The zero-order valence-corrected chi connectivity index (χ0v) is 12.3. The molecule has 1 aromatic rings. The lowest BCUT2D eigenvalue weighted by Gasteiger charge is -2.20. The molecule has 1 aromatic heterocycles. The van der Waals surface area contributed by atoms with Gasteiger partial charge in [0.05, 0.1) is 5.41 Å². The van der Waals surface area contributed by atoms with Gasteiger partial charge in [0.25, 0.3) is 0 Å². The lowest BCUT2D eigenvalue weighted by molar-refractivity contribution is -0.147. The smallest absolute Gasteiger partial charge is 0.433 e. The average molecular weight is 338 g/mol. The predicted octanol–water partition coefficient (Wildman–Crippen LogP) is 1.59. The third-order valence-corrected chi connectivity index (χ3v) is 5.45. The van der Waals surface area contributed by atoms with Gasteiger partial charge in [-0.25, -0.2) is 8.42 Å². The van der Waals surface area contributed by atoms with Crippen LogP contribution in [0.15, 0.2) is 23.2 Å². The standard InChI is InChI=1S/C12H13F3N2O4S/c1-11(10(18)19)4-5-17(7-11)22(20,21)8-2-3-9(16-6-8)12(13,14)15/h2-3,6H,4-5,7H2,1H3,(H,18,19). The molecular formula is C12H13F3N2O4S. The SMILES string of the molecule is CC1(C(=O)O)CCN(S(=O)(=O)c2ccc(C(F)(F)F)nc2)C1. The second kappa shape index (κ2) is 5.20. The molecule has 10 heteroatoms. The van der Waals surface area contributed by atoms with Crippen molar-refractivity contribution < 1.29 is 31.5 Å². The zero-order chi connectivity index (χ0) is 16.8. The van der Waals surface area contributed by atoms with Crippen molar-refractivity contribution in [2.45, 2.75) is 24.4 Å². The summed E-state index contributed by atoms with van der Waals surface area (Å²) in [5.74, 6) is -1.12. The van der Waals surface area contributed by atoms with Crippen molar-refractivity contribution in [1.29, 1.82) is 0 Å².